The fourth-order valence-electron chi connectivity index (χ4n) is 6.26. The summed E-state index contributed by atoms with van der Waals surface area (Å²) in [7, 11) is 5.21. The van der Waals surface area contributed by atoms with Gasteiger partial charge < -0.3 is 30.2 Å². The number of hydrogen-bond donors (Lipinski definition) is 2. The van der Waals surface area contributed by atoms with Crippen LogP contribution in [0.5, 0.6) is 5.75 Å². The molecule has 1 saturated heterocycles. The minimum Gasteiger partial charge on any atom is -0.497 e. The molecule has 38 heavy (non-hydrogen) atoms. The van der Waals surface area contributed by atoms with Gasteiger partial charge in [0, 0.05) is 44.2 Å². The van der Waals surface area contributed by atoms with Crippen molar-refractivity contribution in [3.05, 3.63) is 30.0 Å². The van der Waals surface area contributed by atoms with Gasteiger partial charge in [0.1, 0.15) is 17.0 Å². The molecule has 1 unspecified atom stereocenters. The highest BCUT2D eigenvalue weighted by atomic mass is 35.5. The van der Waals surface area contributed by atoms with Crippen LogP contribution in [0.25, 0.3) is 10.9 Å². The number of methoxy groups -OCH3 is 1. The number of aryl methyl sites for hydroxylation is 1. The highest BCUT2D eigenvalue weighted by Crippen LogP contribution is 2.37. The molecule has 0 radical (unpaired) electrons. The van der Waals surface area contributed by atoms with Gasteiger partial charge in [0.2, 0.25) is 11.8 Å². The molecule has 2 fully saturated rings. The molecule has 2 aromatic rings. The number of aromatic nitrogens is 1. The number of hydrogen-bond acceptors (Lipinski definition) is 5. The molecule has 210 valence electrons. The van der Waals surface area contributed by atoms with Crippen LogP contribution >= 0.6 is 12.4 Å². The summed E-state index contributed by atoms with van der Waals surface area (Å²) in [5, 5.41) is 4.06. The van der Waals surface area contributed by atoms with Crippen molar-refractivity contribution in [3.8, 4) is 5.75 Å². The summed E-state index contributed by atoms with van der Waals surface area (Å²) >= 11 is 0. The van der Waals surface area contributed by atoms with Gasteiger partial charge in [-0.1, -0.05) is 19.3 Å². The number of rotatable bonds is 7. The lowest BCUT2D eigenvalue weighted by Gasteiger charge is -2.46. The fourth-order valence-corrected chi connectivity index (χ4v) is 6.26. The van der Waals surface area contributed by atoms with E-state index in [0.717, 1.165) is 48.8 Å². The lowest BCUT2D eigenvalue weighted by atomic mass is 9.69. The third kappa shape index (κ3) is 5.36. The largest absolute Gasteiger partial charge is 0.497 e. The minimum absolute atomic E-state index is 0. The first-order valence-corrected chi connectivity index (χ1v) is 13.3. The van der Waals surface area contributed by atoms with Crippen LogP contribution in [-0.4, -0.2) is 77.5 Å². The second kappa shape index (κ2) is 11.9. The zero-order valence-electron chi connectivity index (χ0n) is 23.2. The second-order valence-electron chi connectivity index (χ2n) is 10.8. The Kier molecular flexibility index (Phi) is 9.36. The van der Waals surface area contributed by atoms with E-state index in [4.69, 9.17) is 10.5 Å². The predicted molar refractivity (Wildman–Crippen MR) is 151 cm³/mol. The number of carbonyl (C=O) groups is 3. The number of nitrogens with one attached hydrogen (secondary N) is 1. The molecule has 1 saturated carbocycles. The highest BCUT2D eigenvalue weighted by Gasteiger charge is 2.49. The SMILES string of the molecule is CNC(C)(C(N)=O)[C@@H](C(=O)N1CCN(C(=O)c2cc3ccc(OC)cc3n2C)[C@H](C)C1)C1CCCCC1.Cl. The van der Waals surface area contributed by atoms with E-state index in [1.807, 2.05) is 52.6 Å². The summed E-state index contributed by atoms with van der Waals surface area (Å²) in [5.74, 6) is -0.290. The Morgan fingerprint density at radius 2 is 1.82 bits per heavy atom. The Balaban J connectivity index is 0.00000400. The van der Waals surface area contributed by atoms with Crippen molar-refractivity contribution < 1.29 is 19.1 Å². The third-order valence-corrected chi connectivity index (χ3v) is 8.71. The Labute approximate surface area is 231 Å². The van der Waals surface area contributed by atoms with Crippen LogP contribution in [0.1, 0.15) is 56.4 Å². The van der Waals surface area contributed by atoms with Crippen molar-refractivity contribution in [3.63, 3.8) is 0 Å². The molecular formula is C28H42ClN5O4. The number of likely N-dealkylation sites (N-methyl/N-ethyl adjacent to an activating group) is 1. The number of primary amides is 1. The van der Waals surface area contributed by atoms with Crippen LogP contribution in [0.4, 0.5) is 0 Å². The number of amides is 3. The standard InChI is InChI=1S/C28H41N5O4.ClH/c1-18-17-32(26(35)24(19-9-7-6-8-10-19)28(2,30-3)27(29)36)13-14-33(18)25(34)23-15-20-11-12-21(37-5)16-22(20)31(23)4;/h11-12,15-16,18-19,24,30H,6-10,13-14,17H2,1-5H3,(H2,29,36);1H/t18-,24-,28?;/m1./s1. The molecule has 9 nitrogen and oxygen atoms in total. The maximum absolute atomic E-state index is 14.0. The predicted octanol–water partition coefficient (Wildman–Crippen LogP) is 2.94. The molecule has 3 N–H and O–H groups in total. The smallest absolute Gasteiger partial charge is 0.270 e. The van der Waals surface area contributed by atoms with Crippen molar-refractivity contribution in [2.45, 2.75) is 57.5 Å². The molecule has 0 spiro atoms. The number of fused-ring (bicyclic) bond motifs is 1. The van der Waals surface area contributed by atoms with Crippen LogP contribution in [0.2, 0.25) is 0 Å². The van der Waals surface area contributed by atoms with Gasteiger partial charge in [-0.25, -0.2) is 0 Å². The molecule has 3 atom stereocenters. The Morgan fingerprint density at radius 3 is 2.39 bits per heavy atom. The zero-order chi connectivity index (χ0) is 26.9. The average Bonchev–Trinajstić information content (AvgIpc) is 3.24. The van der Waals surface area contributed by atoms with E-state index >= 15 is 0 Å². The van der Waals surface area contributed by atoms with E-state index in [-0.39, 0.29) is 36.2 Å². The van der Waals surface area contributed by atoms with E-state index < -0.39 is 17.4 Å². The maximum Gasteiger partial charge on any atom is 0.270 e. The van der Waals surface area contributed by atoms with E-state index in [0.29, 0.717) is 25.3 Å². The molecule has 2 aliphatic rings. The molecule has 1 aliphatic heterocycles. The molecule has 1 aliphatic carbocycles. The molecule has 2 heterocycles. The van der Waals surface area contributed by atoms with Crippen LogP contribution in [0, 0.1) is 11.8 Å². The summed E-state index contributed by atoms with van der Waals surface area (Å²) in [5.41, 5.74) is 6.24. The van der Waals surface area contributed by atoms with E-state index in [9.17, 15) is 14.4 Å². The Bertz CT molecular complexity index is 1180. The van der Waals surface area contributed by atoms with Crippen molar-refractivity contribution in [1.82, 2.24) is 19.7 Å². The number of halogens is 1. The van der Waals surface area contributed by atoms with Crippen molar-refractivity contribution in [2.75, 3.05) is 33.8 Å². The lowest BCUT2D eigenvalue weighted by Crippen LogP contribution is -2.65. The van der Waals surface area contributed by atoms with Crippen LogP contribution in [0.15, 0.2) is 24.3 Å². The number of carbonyl (C=O) groups excluding carboxylic acids is 3. The summed E-state index contributed by atoms with van der Waals surface area (Å²) in [4.78, 5) is 43.8. The van der Waals surface area contributed by atoms with Crippen LogP contribution in [0.3, 0.4) is 0 Å². The van der Waals surface area contributed by atoms with Crippen LogP contribution < -0.4 is 15.8 Å². The summed E-state index contributed by atoms with van der Waals surface area (Å²) in [6.45, 7) is 5.01. The van der Waals surface area contributed by atoms with E-state index in [1.54, 1.807) is 21.1 Å². The van der Waals surface area contributed by atoms with Gasteiger partial charge in [-0.3, -0.25) is 14.4 Å². The molecular weight excluding hydrogens is 506 g/mol. The molecule has 10 heteroatoms. The molecule has 0 bridgehead atoms. The average molecular weight is 548 g/mol. The summed E-state index contributed by atoms with van der Waals surface area (Å²) < 4.78 is 7.24. The number of nitrogens with two attached hydrogens (primary N) is 1. The van der Waals surface area contributed by atoms with Crippen molar-refractivity contribution in [1.29, 1.82) is 0 Å². The molecule has 1 aromatic heterocycles. The molecule has 1 aromatic carbocycles. The van der Waals surface area contributed by atoms with E-state index in [2.05, 4.69) is 5.32 Å². The number of ether oxygens (including phenoxy) is 1. The zero-order valence-corrected chi connectivity index (χ0v) is 24.0. The fraction of sp³-hybridized carbons (Fsp3) is 0.607. The third-order valence-electron chi connectivity index (χ3n) is 8.71. The first kappa shape index (κ1) is 29.8. The van der Waals surface area contributed by atoms with Gasteiger partial charge in [-0.15, -0.1) is 12.4 Å². The first-order valence-electron chi connectivity index (χ1n) is 13.3. The Morgan fingerprint density at radius 1 is 1.13 bits per heavy atom. The van der Waals surface area contributed by atoms with Gasteiger partial charge >= 0.3 is 0 Å². The van der Waals surface area contributed by atoms with Crippen molar-refractivity contribution >= 4 is 41.0 Å². The highest BCUT2D eigenvalue weighted by molar-refractivity contribution is 5.99. The van der Waals surface area contributed by atoms with Gasteiger partial charge in [0.05, 0.1) is 18.5 Å². The normalized spacial score (nSPS) is 20.9. The first-order chi connectivity index (χ1) is 17.6. The summed E-state index contributed by atoms with van der Waals surface area (Å²) in [6.07, 6.45) is 5.11. The van der Waals surface area contributed by atoms with Crippen LogP contribution in [-0.2, 0) is 16.6 Å². The van der Waals surface area contributed by atoms with Gasteiger partial charge in [0.15, 0.2) is 0 Å². The van der Waals surface area contributed by atoms with Gasteiger partial charge in [-0.2, -0.15) is 0 Å². The maximum atomic E-state index is 14.0. The minimum atomic E-state index is -1.13. The number of piperazine rings is 1. The Hall–Kier alpha value is -2.78. The van der Waals surface area contributed by atoms with Gasteiger partial charge in [0.25, 0.3) is 5.91 Å². The second-order valence-corrected chi connectivity index (χ2v) is 10.8. The molecule has 3 amide bonds. The van der Waals surface area contributed by atoms with Gasteiger partial charge in [-0.05, 0) is 57.9 Å². The topological polar surface area (TPSA) is 110 Å². The molecule has 4 rings (SSSR count). The van der Waals surface area contributed by atoms with Crippen molar-refractivity contribution in [2.24, 2.45) is 24.6 Å². The quantitative estimate of drug-likeness (QED) is 0.554. The van der Waals surface area contributed by atoms with E-state index in [1.165, 1.54) is 0 Å². The lowest BCUT2D eigenvalue weighted by molar-refractivity contribution is -0.148. The monoisotopic (exact) mass is 547 g/mol. The number of benzene rings is 1. The summed E-state index contributed by atoms with van der Waals surface area (Å²) in [6, 6.07) is 7.51. The number of nitrogens with zero attached hydrogens (tertiary/aromatic N) is 3.